The van der Waals surface area contributed by atoms with Gasteiger partial charge in [-0.2, -0.15) is 0 Å². The molecule has 5 nitrogen and oxygen atoms in total. The molecule has 0 aliphatic carbocycles. The number of hydrogen-bond acceptors (Lipinski definition) is 4. The summed E-state index contributed by atoms with van der Waals surface area (Å²) < 4.78 is 12.0. The van der Waals surface area contributed by atoms with Crippen molar-refractivity contribution in [3.05, 3.63) is 58.1 Å². The Morgan fingerprint density at radius 2 is 1.95 bits per heavy atom. The smallest absolute Gasteiger partial charge is 0.170 e. The Morgan fingerprint density at radius 1 is 1.24 bits per heavy atom. The van der Waals surface area contributed by atoms with E-state index >= 15 is 0 Å². The summed E-state index contributed by atoms with van der Waals surface area (Å²) in [4.78, 5) is 0. The number of benzene rings is 2. The molecule has 0 heterocycles. The van der Waals surface area contributed by atoms with Crippen LogP contribution in [-0.4, -0.2) is 18.2 Å². The molecular weight excluding hydrogens is 336 g/mol. The van der Waals surface area contributed by atoms with Gasteiger partial charge in [-0.05, 0) is 42.5 Å². The van der Waals surface area contributed by atoms with E-state index in [2.05, 4.69) is 21.1 Å². The molecule has 2 aromatic rings. The first-order chi connectivity index (χ1) is 10.1. The summed E-state index contributed by atoms with van der Waals surface area (Å²) in [5.74, 6) is 1.47. The van der Waals surface area contributed by atoms with Gasteiger partial charge in [-0.15, -0.1) is 0 Å². The Kier molecular flexibility index (Phi) is 5.05. The molecule has 0 aliphatic heterocycles. The van der Waals surface area contributed by atoms with E-state index in [1.165, 1.54) is 0 Å². The van der Waals surface area contributed by atoms with Crippen LogP contribution >= 0.6 is 15.9 Å². The number of nitrogens with two attached hydrogens (primary N) is 1. The van der Waals surface area contributed by atoms with Gasteiger partial charge in [0.25, 0.3) is 0 Å². The van der Waals surface area contributed by atoms with Gasteiger partial charge in [0.15, 0.2) is 5.84 Å². The average Bonchev–Trinajstić information content (AvgIpc) is 2.53. The molecule has 0 unspecified atom stereocenters. The number of methoxy groups -OCH3 is 1. The summed E-state index contributed by atoms with van der Waals surface area (Å²) >= 11 is 3.37. The number of hydrogen-bond donors (Lipinski definition) is 2. The highest BCUT2D eigenvalue weighted by Gasteiger charge is 2.08. The minimum absolute atomic E-state index is 0.0440. The third-order valence-electron chi connectivity index (χ3n) is 2.89. The Hall–Kier alpha value is -2.21. The largest absolute Gasteiger partial charge is 0.496 e. The molecule has 0 saturated carbocycles. The molecule has 0 spiro atoms. The normalized spacial score (nSPS) is 11.2. The van der Waals surface area contributed by atoms with Crippen LogP contribution < -0.4 is 15.2 Å². The molecule has 0 aliphatic rings. The lowest BCUT2D eigenvalue weighted by Crippen LogP contribution is -2.13. The monoisotopic (exact) mass is 350 g/mol. The lowest BCUT2D eigenvalue weighted by molar-refractivity contribution is 0.296. The molecule has 0 aromatic heterocycles. The summed E-state index contributed by atoms with van der Waals surface area (Å²) in [6.07, 6.45) is 0. The van der Waals surface area contributed by atoms with E-state index in [1.54, 1.807) is 25.3 Å². The first kappa shape index (κ1) is 15.2. The summed E-state index contributed by atoms with van der Waals surface area (Å²) in [6.45, 7) is 0.317. The van der Waals surface area contributed by atoms with Crippen molar-refractivity contribution in [2.75, 3.05) is 7.11 Å². The molecule has 0 amide bonds. The molecule has 21 heavy (non-hydrogen) atoms. The molecular formula is C15H15BrN2O3. The van der Waals surface area contributed by atoms with Gasteiger partial charge in [0.05, 0.1) is 7.11 Å². The van der Waals surface area contributed by atoms with E-state index in [4.69, 9.17) is 20.4 Å². The number of nitrogens with zero attached hydrogens (tertiary/aromatic N) is 1. The maximum Gasteiger partial charge on any atom is 0.170 e. The maximum atomic E-state index is 8.74. The Labute approximate surface area is 131 Å². The van der Waals surface area contributed by atoms with Crippen molar-refractivity contribution >= 4 is 21.8 Å². The fourth-order valence-corrected chi connectivity index (χ4v) is 2.06. The zero-order valence-electron chi connectivity index (χ0n) is 11.4. The number of amidine groups is 1. The lowest BCUT2D eigenvalue weighted by Gasteiger charge is -2.12. The highest BCUT2D eigenvalue weighted by molar-refractivity contribution is 9.10. The van der Waals surface area contributed by atoms with Gasteiger partial charge in [-0.25, -0.2) is 0 Å². The van der Waals surface area contributed by atoms with Gasteiger partial charge in [0.2, 0.25) is 0 Å². The second kappa shape index (κ2) is 6.99. The van der Waals surface area contributed by atoms with Gasteiger partial charge in [-0.1, -0.05) is 21.1 Å². The van der Waals surface area contributed by atoms with Gasteiger partial charge in [0, 0.05) is 15.6 Å². The Morgan fingerprint density at radius 3 is 2.57 bits per heavy atom. The third kappa shape index (κ3) is 3.88. The predicted octanol–water partition coefficient (Wildman–Crippen LogP) is 3.13. The van der Waals surface area contributed by atoms with Crippen molar-refractivity contribution < 1.29 is 14.7 Å². The van der Waals surface area contributed by atoms with Crippen molar-refractivity contribution in [3.8, 4) is 11.5 Å². The van der Waals surface area contributed by atoms with Crippen molar-refractivity contribution in [3.63, 3.8) is 0 Å². The molecule has 0 saturated heterocycles. The van der Waals surface area contributed by atoms with E-state index in [0.717, 1.165) is 15.8 Å². The Bertz CT molecular complexity index is 642. The van der Waals surface area contributed by atoms with Gasteiger partial charge >= 0.3 is 0 Å². The first-order valence-corrected chi connectivity index (χ1v) is 6.96. The molecule has 0 bridgehead atoms. The topological polar surface area (TPSA) is 77.1 Å². The number of halogens is 1. The van der Waals surface area contributed by atoms with Crippen LogP contribution in [0.5, 0.6) is 11.5 Å². The molecule has 0 fully saturated rings. The van der Waals surface area contributed by atoms with Gasteiger partial charge < -0.3 is 20.4 Å². The van der Waals surface area contributed by atoms with Crippen LogP contribution in [0.2, 0.25) is 0 Å². The van der Waals surface area contributed by atoms with E-state index in [-0.39, 0.29) is 5.84 Å². The van der Waals surface area contributed by atoms with E-state index in [9.17, 15) is 0 Å². The van der Waals surface area contributed by atoms with Crippen LogP contribution in [0.1, 0.15) is 11.1 Å². The van der Waals surface area contributed by atoms with Crippen LogP contribution in [0, 0.1) is 0 Å². The van der Waals surface area contributed by atoms with Crippen LogP contribution in [0.3, 0.4) is 0 Å². The molecule has 2 rings (SSSR count). The van der Waals surface area contributed by atoms with Crippen LogP contribution in [0.15, 0.2) is 52.1 Å². The van der Waals surface area contributed by atoms with Crippen LogP contribution in [0.25, 0.3) is 0 Å². The second-order valence-corrected chi connectivity index (χ2v) is 5.17. The molecule has 0 atom stereocenters. The second-order valence-electron chi connectivity index (χ2n) is 4.25. The average molecular weight is 351 g/mol. The van der Waals surface area contributed by atoms with E-state index in [1.807, 2.05) is 24.3 Å². The standard InChI is InChI=1S/C15H15BrN2O3/c1-20-14-7-2-10(15(17)18-19)8-11(14)9-21-13-5-3-12(16)4-6-13/h2-8,19H,9H2,1H3,(H2,17,18). The predicted molar refractivity (Wildman–Crippen MR) is 84.0 cm³/mol. The molecule has 110 valence electrons. The van der Waals surface area contributed by atoms with Crippen molar-refractivity contribution in [1.29, 1.82) is 0 Å². The molecule has 0 radical (unpaired) electrons. The Balaban J connectivity index is 2.19. The zero-order chi connectivity index (χ0) is 15.2. The minimum Gasteiger partial charge on any atom is -0.496 e. The highest BCUT2D eigenvalue weighted by Crippen LogP contribution is 2.23. The lowest BCUT2D eigenvalue weighted by atomic mass is 10.1. The van der Waals surface area contributed by atoms with Crippen molar-refractivity contribution in [1.82, 2.24) is 0 Å². The summed E-state index contributed by atoms with van der Waals surface area (Å²) in [5, 5.41) is 11.7. The maximum absolute atomic E-state index is 8.74. The fraction of sp³-hybridized carbons (Fsp3) is 0.133. The van der Waals surface area contributed by atoms with Crippen LogP contribution in [-0.2, 0) is 6.61 Å². The van der Waals surface area contributed by atoms with E-state index < -0.39 is 0 Å². The zero-order valence-corrected chi connectivity index (χ0v) is 13.0. The van der Waals surface area contributed by atoms with Gasteiger partial charge in [-0.3, -0.25) is 0 Å². The quantitative estimate of drug-likeness (QED) is 0.376. The minimum atomic E-state index is 0.0440. The first-order valence-electron chi connectivity index (χ1n) is 6.17. The highest BCUT2D eigenvalue weighted by atomic mass is 79.9. The summed E-state index contributed by atoms with van der Waals surface area (Å²) in [6, 6.07) is 12.8. The van der Waals surface area contributed by atoms with Crippen LogP contribution in [0.4, 0.5) is 0 Å². The number of oxime groups is 1. The summed E-state index contributed by atoms with van der Waals surface area (Å²) in [7, 11) is 1.58. The fourth-order valence-electron chi connectivity index (χ4n) is 1.80. The number of ether oxygens (including phenoxy) is 2. The van der Waals surface area contributed by atoms with E-state index in [0.29, 0.717) is 17.9 Å². The van der Waals surface area contributed by atoms with Crippen molar-refractivity contribution in [2.24, 2.45) is 10.9 Å². The molecule has 6 heteroatoms. The SMILES string of the molecule is COc1ccc(/C(N)=N/O)cc1COc1ccc(Br)cc1. The van der Waals surface area contributed by atoms with Gasteiger partial charge in [0.1, 0.15) is 18.1 Å². The third-order valence-corrected chi connectivity index (χ3v) is 3.42. The van der Waals surface area contributed by atoms with Crippen molar-refractivity contribution in [2.45, 2.75) is 6.61 Å². The molecule has 3 N–H and O–H groups in total. The summed E-state index contributed by atoms with van der Waals surface area (Å²) in [5.41, 5.74) is 7.01. The molecule has 2 aromatic carbocycles. The number of rotatable bonds is 5.